The van der Waals surface area contributed by atoms with Gasteiger partial charge >= 0.3 is 5.97 Å². The molecule has 2 amide bonds. The first-order valence-corrected chi connectivity index (χ1v) is 10.4. The molecule has 2 aliphatic rings. The summed E-state index contributed by atoms with van der Waals surface area (Å²) >= 11 is 0. The number of likely N-dealkylation sites (tertiary alicyclic amines) is 2. The zero-order chi connectivity index (χ0) is 22.0. The van der Waals surface area contributed by atoms with Crippen molar-refractivity contribution in [1.29, 1.82) is 0 Å². The van der Waals surface area contributed by atoms with Crippen molar-refractivity contribution >= 4 is 17.8 Å². The van der Waals surface area contributed by atoms with Crippen molar-refractivity contribution in [1.82, 2.24) is 9.80 Å². The van der Waals surface area contributed by atoms with E-state index in [2.05, 4.69) is 0 Å². The first kappa shape index (κ1) is 21.2. The average Bonchev–Trinajstić information content (AvgIpc) is 3.50. The maximum Gasteiger partial charge on any atom is 0.309 e. The van der Waals surface area contributed by atoms with Crippen LogP contribution in [0.15, 0.2) is 45.6 Å². The molecule has 1 N–H and O–H groups in total. The lowest BCUT2D eigenvalue weighted by atomic mass is 9.85. The Hall–Kier alpha value is -3.07. The van der Waals surface area contributed by atoms with Crippen molar-refractivity contribution in [2.24, 2.45) is 5.92 Å². The van der Waals surface area contributed by atoms with Crippen LogP contribution in [0.3, 0.4) is 0 Å². The molecular weight excluding hydrogens is 404 g/mol. The predicted molar refractivity (Wildman–Crippen MR) is 107 cm³/mol. The van der Waals surface area contributed by atoms with Crippen LogP contribution >= 0.6 is 0 Å². The molecule has 2 fully saturated rings. The van der Waals surface area contributed by atoms with E-state index in [1.165, 1.54) is 23.5 Å². The second kappa shape index (κ2) is 8.58. The topological polar surface area (TPSA) is 113 Å². The Morgan fingerprint density at radius 3 is 2.65 bits per heavy atom. The lowest BCUT2D eigenvalue weighted by Gasteiger charge is -2.40. The second-order valence-electron chi connectivity index (χ2n) is 8.04. The molecule has 4 heterocycles. The number of carboxylic acid groups (broad SMARTS) is 1. The van der Waals surface area contributed by atoms with E-state index in [9.17, 15) is 19.5 Å². The molecule has 4 rings (SSSR count). The molecule has 2 aromatic heterocycles. The van der Waals surface area contributed by atoms with Gasteiger partial charge in [-0.25, -0.2) is 0 Å². The van der Waals surface area contributed by atoms with Gasteiger partial charge in [0.1, 0.15) is 17.3 Å². The van der Waals surface area contributed by atoms with Crippen LogP contribution < -0.4 is 0 Å². The van der Waals surface area contributed by atoms with Crippen LogP contribution in [0.25, 0.3) is 0 Å². The largest absolute Gasteiger partial charge is 0.481 e. The summed E-state index contributed by atoms with van der Waals surface area (Å²) in [5.41, 5.74) is -1.30. The number of carbonyl (C=O) groups is 3. The van der Waals surface area contributed by atoms with Crippen molar-refractivity contribution < 1.29 is 33.1 Å². The number of rotatable bonds is 6. The number of ether oxygens (including phenoxy) is 1. The average molecular weight is 430 g/mol. The highest BCUT2D eigenvalue weighted by Gasteiger charge is 2.62. The Morgan fingerprint density at radius 2 is 2.00 bits per heavy atom. The molecule has 0 aliphatic carbocycles. The van der Waals surface area contributed by atoms with E-state index >= 15 is 0 Å². The van der Waals surface area contributed by atoms with Gasteiger partial charge in [0, 0.05) is 20.2 Å². The van der Waals surface area contributed by atoms with Crippen LogP contribution in [-0.2, 0) is 14.3 Å². The third-order valence-corrected chi connectivity index (χ3v) is 6.30. The molecule has 0 unspecified atom stereocenters. The van der Waals surface area contributed by atoms with Crippen molar-refractivity contribution in [2.45, 2.75) is 37.3 Å². The van der Waals surface area contributed by atoms with Crippen molar-refractivity contribution in [3.63, 3.8) is 0 Å². The van der Waals surface area contributed by atoms with Crippen molar-refractivity contribution in [2.75, 3.05) is 26.8 Å². The van der Waals surface area contributed by atoms with Gasteiger partial charge in [-0.15, -0.1) is 0 Å². The summed E-state index contributed by atoms with van der Waals surface area (Å²) in [6.07, 6.45) is 4.67. The smallest absolute Gasteiger partial charge is 0.309 e. The Balaban J connectivity index is 1.84. The zero-order valence-corrected chi connectivity index (χ0v) is 17.4. The van der Waals surface area contributed by atoms with Gasteiger partial charge < -0.3 is 28.5 Å². The van der Waals surface area contributed by atoms with Gasteiger partial charge in [0.15, 0.2) is 5.76 Å². The Labute approximate surface area is 179 Å². The maximum absolute atomic E-state index is 13.9. The molecule has 166 valence electrons. The molecule has 9 heteroatoms. The van der Waals surface area contributed by atoms with Gasteiger partial charge in [0.05, 0.1) is 25.1 Å². The number of furan rings is 2. The molecule has 31 heavy (non-hydrogen) atoms. The van der Waals surface area contributed by atoms with Crippen LogP contribution in [0.1, 0.15) is 48.0 Å². The van der Waals surface area contributed by atoms with E-state index in [-0.39, 0.29) is 18.1 Å². The number of nitrogens with zero attached hydrogens (tertiary/aromatic N) is 2. The van der Waals surface area contributed by atoms with E-state index < -0.39 is 29.4 Å². The third-order valence-electron chi connectivity index (χ3n) is 6.30. The second-order valence-corrected chi connectivity index (χ2v) is 8.04. The van der Waals surface area contributed by atoms with Crippen LogP contribution in [-0.4, -0.2) is 65.0 Å². The third kappa shape index (κ3) is 3.63. The fourth-order valence-electron chi connectivity index (χ4n) is 4.92. The van der Waals surface area contributed by atoms with Gasteiger partial charge in [-0.2, -0.15) is 0 Å². The van der Waals surface area contributed by atoms with Crippen molar-refractivity contribution in [3.05, 3.63) is 48.3 Å². The summed E-state index contributed by atoms with van der Waals surface area (Å²) in [7, 11) is 1.56. The minimum atomic E-state index is -1.30. The number of amides is 2. The minimum absolute atomic E-state index is 0.0163. The number of carboxylic acids is 1. The first-order valence-electron chi connectivity index (χ1n) is 10.4. The molecule has 1 spiro atoms. The van der Waals surface area contributed by atoms with Crippen LogP contribution in [0.4, 0.5) is 0 Å². The quantitative estimate of drug-likeness (QED) is 0.749. The van der Waals surface area contributed by atoms with E-state index in [0.717, 1.165) is 6.42 Å². The first-order chi connectivity index (χ1) is 15.0. The van der Waals surface area contributed by atoms with Crippen LogP contribution in [0.5, 0.6) is 0 Å². The SMILES string of the molecule is COCCN1CCCC[C@]2(C[C@H](C(=O)O)[C@H](c3ccco3)N2C(=O)c2ccco2)C1=O. The number of hydrogen-bond acceptors (Lipinski definition) is 6. The van der Waals surface area contributed by atoms with Gasteiger partial charge in [-0.05, 0) is 49.9 Å². The Bertz CT molecular complexity index is 924. The molecule has 2 saturated heterocycles. The summed E-state index contributed by atoms with van der Waals surface area (Å²) in [5, 5.41) is 10.0. The van der Waals surface area contributed by atoms with Crippen LogP contribution in [0.2, 0.25) is 0 Å². The minimum Gasteiger partial charge on any atom is -0.481 e. The number of carbonyl (C=O) groups excluding carboxylic acids is 2. The molecule has 0 aromatic carbocycles. The zero-order valence-electron chi connectivity index (χ0n) is 17.4. The number of hydrogen-bond donors (Lipinski definition) is 1. The number of aliphatic carboxylic acids is 1. The van der Waals surface area contributed by atoms with Gasteiger partial charge in [0.25, 0.3) is 5.91 Å². The molecular formula is C22H26N2O7. The Kier molecular flexibility index (Phi) is 5.86. The molecule has 0 bridgehead atoms. The molecule has 3 atom stereocenters. The standard InChI is InChI=1S/C22H26N2O7/c1-29-13-10-23-9-3-2-8-22(21(23)28)14-15(20(26)27)18(16-6-4-11-30-16)24(22)19(25)17-7-5-12-31-17/h4-7,11-12,15,18H,2-3,8-10,13-14H2,1H3,(H,26,27)/t15-,18+,22-/m0/s1. The van der Waals surface area contributed by atoms with Crippen LogP contribution in [0, 0.1) is 5.92 Å². The van der Waals surface area contributed by atoms with E-state index in [1.807, 2.05) is 0 Å². The summed E-state index contributed by atoms with van der Waals surface area (Å²) < 4.78 is 16.1. The fraction of sp³-hybridized carbons (Fsp3) is 0.500. The maximum atomic E-state index is 13.9. The molecule has 9 nitrogen and oxygen atoms in total. The molecule has 2 aromatic rings. The lowest BCUT2D eigenvalue weighted by molar-refractivity contribution is -0.142. The highest BCUT2D eigenvalue weighted by molar-refractivity contribution is 5.99. The summed E-state index contributed by atoms with van der Waals surface area (Å²) in [6.45, 7) is 1.27. The Morgan fingerprint density at radius 1 is 1.23 bits per heavy atom. The summed E-state index contributed by atoms with van der Waals surface area (Å²) in [6, 6.07) is 5.48. The van der Waals surface area contributed by atoms with E-state index in [1.54, 1.807) is 30.2 Å². The van der Waals surface area contributed by atoms with E-state index in [4.69, 9.17) is 13.6 Å². The molecule has 2 aliphatic heterocycles. The fourth-order valence-corrected chi connectivity index (χ4v) is 4.92. The number of methoxy groups -OCH3 is 1. The lowest BCUT2D eigenvalue weighted by Crippen LogP contribution is -2.58. The van der Waals surface area contributed by atoms with Gasteiger partial charge in [-0.3, -0.25) is 14.4 Å². The van der Waals surface area contributed by atoms with Crippen molar-refractivity contribution in [3.8, 4) is 0 Å². The highest BCUT2D eigenvalue weighted by Crippen LogP contribution is 2.51. The molecule has 0 radical (unpaired) electrons. The monoisotopic (exact) mass is 430 g/mol. The predicted octanol–water partition coefficient (Wildman–Crippen LogP) is 2.56. The summed E-state index contributed by atoms with van der Waals surface area (Å²) in [4.78, 5) is 42.9. The molecule has 0 saturated carbocycles. The normalized spacial score (nSPS) is 26.4. The summed E-state index contributed by atoms with van der Waals surface area (Å²) in [5.74, 6) is -2.43. The van der Waals surface area contributed by atoms with Gasteiger partial charge in [-0.1, -0.05) is 0 Å². The van der Waals surface area contributed by atoms with Gasteiger partial charge in [0.2, 0.25) is 5.91 Å². The highest BCUT2D eigenvalue weighted by atomic mass is 16.5. The van der Waals surface area contributed by atoms with E-state index in [0.29, 0.717) is 38.3 Å².